The standard InChI is InChI=1S/C13H12N2O3S/c1-10-6-13(15-18-10)9-19(16,17)8-12-5-3-2-4-11(12)7-14/h2-6H,8-9H2,1H3. The maximum atomic E-state index is 12.1. The molecule has 0 unspecified atom stereocenters. The smallest absolute Gasteiger partial charge is 0.160 e. The number of aromatic nitrogens is 1. The first-order valence-electron chi connectivity index (χ1n) is 5.61. The van der Waals surface area contributed by atoms with Crippen LogP contribution in [0.4, 0.5) is 0 Å². The van der Waals surface area contributed by atoms with Gasteiger partial charge in [0.05, 0.1) is 28.8 Å². The Morgan fingerprint density at radius 2 is 2.05 bits per heavy atom. The third-order valence-corrected chi connectivity index (χ3v) is 4.04. The van der Waals surface area contributed by atoms with Crippen molar-refractivity contribution in [3.8, 4) is 6.07 Å². The van der Waals surface area contributed by atoms with Gasteiger partial charge in [0.2, 0.25) is 0 Å². The van der Waals surface area contributed by atoms with E-state index in [1.807, 2.05) is 6.07 Å². The zero-order valence-corrected chi connectivity index (χ0v) is 11.1. The molecule has 0 amide bonds. The van der Waals surface area contributed by atoms with Gasteiger partial charge in [-0.05, 0) is 18.6 Å². The molecule has 1 aromatic heterocycles. The fourth-order valence-corrected chi connectivity index (χ4v) is 3.17. The molecular formula is C13H12N2O3S. The van der Waals surface area contributed by atoms with E-state index < -0.39 is 9.84 Å². The minimum absolute atomic E-state index is 0.178. The lowest BCUT2D eigenvalue weighted by Crippen LogP contribution is -2.09. The number of sulfone groups is 1. The average Bonchev–Trinajstić information content (AvgIpc) is 2.74. The summed E-state index contributed by atoms with van der Waals surface area (Å²) in [6, 6.07) is 10.2. The summed E-state index contributed by atoms with van der Waals surface area (Å²) in [5, 5.41) is 12.6. The van der Waals surface area contributed by atoms with Crippen molar-refractivity contribution in [2.75, 3.05) is 0 Å². The number of benzene rings is 1. The summed E-state index contributed by atoms with van der Waals surface area (Å²) >= 11 is 0. The Morgan fingerprint density at radius 3 is 2.68 bits per heavy atom. The second-order valence-corrected chi connectivity index (χ2v) is 6.29. The van der Waals surface area contributed by atoms with E-state index in [1.165, 1.54) is 0 Å². The highest BCUT2D eigenvalue weighted by Crippen LogP contribution is 2.15. The van der Waals surface area contributed by atoms with Crippen molar-refractivity contribution >= 4 is 9.84 Å². The number of nitriles is 1. The monoisotopic (exact) mass is 276 g/mol. The van der Waals surface area contributed by atoms with Crippen LogP contribution in [0.15, 0.2) is 34.9 Å². The number of nitrogens with zero attached hydrogens (tertiary/aromatic N) is 2. The van der Waals surface area contributed by atoms with Gasteiger partial charge < -0.3 is 4.52 Å². The van der Waals surface area contributed by atoms with Crippen LogP contribution in [-0.2, 0) is 21.3 Å². The molecule has 98 valence electrons. The molecule has 0 aliphatic rings. The zero-order chi connectivity index (χ0) is 13.9. The summed E-state index contributed by atoms with van der Waals surface area (Å²) in [4.78, 5) is 0. The van der Waals surface area contributed by atoms with E-state index in [1.54, 1.807) is 37.3 Å². The molecular weight excluding hydrogens is 264 g/mol. The van der Waals surface area contributed by atoms with Gasteiger partial charge in [-0.3, -0.25) is 0 Å². The van der Waals surface area contributed by atoms with Gasteiger partial charge in [0.1, 0.15) is 5.76 Å². The Labute approximate surface area is 111 Å². The Balaban J connectivity index is 2.20. The first kappa shape index (κ1) is 13.3. The minimum Gasteiger partial charge on any atom is -0.361 e. The van der Waals surface area contributed by atoms with Crippen LogP contribution in [0.5, 0.6) is 0 Å². The molecule has 0 radical (unpaired) electrons. The van der Waals surface area contributed by atoms with Gasteiger partial charge in [0, 0.05) is 6.07 Å². The van der Waals surface area contributed by atoms with Crippen LogP contribution in [0, 0.1) is 18.3 Å². The van der Waals surface area contributed by atoms with Crippen LogP contribution in [0.3, 0.4) is 0 Å². The van der Waals surface area contributed by atoms with Gasteiger partial charge in [-0.15, -0.1) is 0 Å². The van der Waals surface area contributed by atoms with E-state index in [4.69, 9.17) is 9.78 Å². The van der Waals surface area contributed by atoms with E-state index >= 15 is 0 Å². The SMILES string of the molecule is Cc1cc(CS(=O)(=O)Cc2ccccc2C#N)no1. The van der Waals surface area contributed by atoms with Crippen molar-refractivity contribution < 1.29 is 12.9 Å². The van der Waals surface area contributed by atoms with Crippen LogP contribution < -0.4 is 0 Å². The lowest BCUT2D eigenvalue weighted by atomic mass is 10.1. The first-order valence-corrected chi connectivity index (χ1v) is 7.43. The summed E-state index contributed by atoms with van der Waals surface area (Å²) in [7, 11) is -3.38. The molecule has 2 rings (SSSR count). The molecule has 0 spiro atoms. The molecule has 0 bridgehead atoms. The van der Waals surface area contributed by atoms with Gasteiger partial charge in [-0.1, -0.05) is 23.4 Å². The lowest BCUT2D eigenvalue weighted by Gasteiger charge is -2.04. The maximum Gasteiger partial charge on any atom is 0.160 e. The van der Waals surface area contributed by atoms with Crippen molar-refractivity contribution in [3.05, 3.63) is 52.9 Å². The average molecular weight is 276 g/mol. The molecule has 0 saturated heterocycles. The topological polar surface area (TPSA) is 84.0 Å². The predicted molar refractivity (Wildman–Crippen MR) is 68.7 cm³/mol. The van der Waals surface area contributed by atoms with Gasteiger partial charge in [0.25, 0.3) is 0 Å². The van der Waals surface area contributed by atoms with Crippen LogP contribution in [0.25, 0.3) is 0 Å². The molecule has 0 saturated carbocycles. The fraction of sp³-hybridized carbons (Fsp3) is 0.231. The summed E-state index contributed by atoms with van der Waals surface area (Å²) in [5.41, 5.74) is 1.26. The van der Waals surface area contributed by atoms with Crippen LogP contribution >= 0.6 is 0 Å². The molecule has 6 heteroatoms. The normalized spacial score (nSPS) is 11.2. The summed E-state index contributed by atoms with van der Waals surface area (Å²) in [5.74, 6) is 0.204. The van der Waals surface area contributed by atoms with E-state index in [9.17, 15) is 8.42 Å². The fourth-order valence-electron chi connectivity index (χ4n) is 1.75. The molecule has 2 aromatic rings. The molecule has 0 aliphatic heterocycles. The predicted octanol–water partition coefficient (Wildman–Crippen LogP) is 1.97. The summed E-state index contributed by atoms with van der Waals surface area (Å²) in [6.07, 6.45) is 0. The molecule has 19 heavy (non-hydrogen) atoms. The summed E-state index contributed by atoms with van der Waals surface area (Å²) < 4.78 is 29.0. The molecule has 5 nitrogen and oxygen atoms in total. The van der Waals surface area contributed by atoms with Gasteiger partial charge in [-0.2, -0.15) is 5.26 Å². The number of hydrogen-bond donors (Lipinski definition) is 0. The van der Waals surface area contributed by atoms with Crippen molar-refractivity contribution in [3.63, 3.8) is 0 Å². The maximum absolute atomic E-state index is 12.1. The Bertz CT molecular complexity index is 726. The van der Waals surface area contributed by atoms with Crippen molar-refractivity contribution in [2.24, 2.45) is 0 Å². The molecule has 0 fully saturated rings. The van der Waals surface area contributed by atoms with Crippen molar-refractivity contribution in [2.45, 2.75) is 18.4 Å². The van der Waals surface area contributed by atoms with E-state index in [0.29, 0.717) is 22.6 Å². The van der Waals surface area contributed by atoms with Gasteiger partial charge >= 0.3 is 0 Å². The second kappa shape index (κ2) is 5.24. The van der Waals surface area contributed by atoms with Crippen LogP contribution in [-0.4, -0.2) is 13.6 Å². The number of rotatable bonds is 4. The summed E-state index contributed by atoms with van der Waals surface area (Å²) in [6.45, 7) is 1.70. The quantitative estimate of drug-likeness (QED) is 0.852. The van der Waals surface area contributed by atoms with Crippen LogP contribution in [0.2, 0.25) is 0 Å². The van der Waals surface area contributed by atoms with Gasteiger partial charge in [0.15, 0.2) is 9.84 Å². The van der Waals surface area contributed by atoms with Crippen molar-refractivity contribution in [1.29, 1.82) is 5.26 Å². The molecule has 1 aromatic carbocycles. The third kappa shape index (κ3) is 3.42. The zero-order valence-electron chi connectivity index (χ0n) is 10.3. The van der Waals surface area contributed by atoms with E-state index in [-0.39, 0.29) is 11.5 Å². The number of hydrogen-bond acceptors (Lipinski definition) is 5. The lowest BCUT2D eigenvalue weighted by molar-refractivity contribution is 0.392. The highest BCUT2D eigenvalue weighted by molar-refractivity contribution is 7.89. The Kier molecular flexibility index (Phi) is 3.67. The van der Waals surface area contributed by atoms with E-state index in [2.05, 4.69) is 5.16 Å². The third-order valence-electron chi connectivity index (χ3n) is 2.56. The molecule has 0 atom stereocenters. The Hall–Kier alpha value is -2.13. The molecule has 0 aliphatic carbocycles. The molecule has 1 heterocycles. The highest BCUT2D eigenvalue weighted by Gasteiger charge is 2.17. The molecule has 0 N–H and O–H groups in total. The largest absolute Gasteiger partial charge is 0.361 e. The minimum atomic E-state index is -3.38. The highest BCUT2D eigenvalue weighted by atomic mass is 32.2. The second-order valence-electron chi connectivity index (χ2n) is 4.23. The van der Waals surface area contributed by atoms with Gasteiger partial charge in [-0.25, -0.2) is 8.42 Å². The van der Waals surface area contributed by atoms with E-state index in [0.717, 1.165) is 0 Å². The van der Waals surface area contributed by atoms with Crippen molar-refractivity contribution in [1.82, 2.24) is 5.16 Å². The first-order chi connectivity index (χ1) is 9.00. The number of aryl methyl sites for hydroxylation is 1. The Morgan fingerprint density at radius 1 is 1.32 bits per heavy atom. The van der Waals surface area contributed by atoms with Crippen LogP contribution in [0.1, 0.15) is 22.6 Å².